The van der Waals surface area contributed by atoms with Crippen molar-refractivity contribution in [1.29, 1.82) is 0 Å². The van der Waals surface area contributed by atoms with E-state index in [2.05, 4.69) is 48.4 Å². The number of nitrogens with one attached hydrogen (secondary N) is 2. The molecule has 1 amide bonds. The highest BCUT2D eigenvalue weighted by molar-refractivity contribution is 5.83. The van der Waals surface area contributed by atoms with Gasteiger partial charge in [0.2, 0.25) is 0 Å². The van der Waals surface area contributed by atoms with Crippen LogP contribution in [0.25, 0.3) is 10.9 Å². The molecule has 0 atom stereocenters. The topological polar surface area (TPSA) is 54.1 Å². The minimum atomic E-state index is -0.0962. The second kappa shape index (κ2) is 8.09. The molecule has 0 unspecified atom stereocenters. The molecular weight excluding hydrogens is 324 g/mol. The molecule has 0 bridgehead atoms. The lowest BCUT2D eigenvalue weighted by Gasteiger charge is -2.14. The van der Waals surface area contributed by atoms with Gasteiger partial charge in [0.1, 0.15) is 5.75 Å². The van der Waals surface area contributed by atoms with E-state index in [1.54, 1.807) is 0 Å². The molecule has 0 aliphatic rings. The molecule has 1 aromatic heterocycles. The molecule has 136 valence electrons. The molecule has 3 rings (SSSR count). The number of carbonyl (C=O) groups excluding carboxylic acids is 1. The van der Waals surface area contributed by atoms with E-state index >= 15 is 0 Å². The van der Waals surface area contributed by atoms with Crippen LogP contribution in [0.5, 0.6) is 5.75 Å². The Morgan fingerprint density at radius 2 is 2.00 bits per heavy atom. The van der Waals surface area contributed by atoms with E-state index in [4.69, 9.17) is 4.74 Å². The monoisotopic (exact) mass is 350 g/mol. The first-order chi connectivity index (χ1) is 12.5. The fourth-order valence-corrected chi connectivity index (χ4v) is 3.11. The average molecular weight is 350 g/mol. The summed E-state index contributed by atoms with van der Waals surface area (Å²) in [6, 6.07) is 14.3. The lowest BCUT2D eigenvalue weighted by molar-refractivity contribution is -0.123. The van der Waals surface area contributed by atoms with Crippen molar-refractivity contribution in [3.8, 4) is 5.75 Å². The van der Waals surface area contributed by atoms with Crippen LogP contribution in [0.15, 0.2) is 48.7 Å². The maximum atomic E-state index is 12.1. The zero-order chi connectivity index (χ0) is 18.5. The van der Waals surface area contributed by atoms with Crippen LogP contribution in [0.1, 0.15) is 36.5 Å². The summed E-state index contributed by atoms with van der Waals surface area (Å²) in [4.78, 5) is 15.4. The standard InChI is InChI=1S/C22H26N2O2/c1-15(2)18-9-8-16(3)12-21(18)26-14-22(25)23-11-10-17-13-24-20-7-5-4-6-19(17)20/h4-9,12-13,15,24H,10-11,14H2,1-3H3,(H,23,25). The minimum absolute atomic E-state index is 0.0387. The van der Waals surface area contributed by atoms with Gasteiger partial charge >= 0.3 is 0 Å². The van der Waals surface area contributed by atoms with E-state index in [-0.39, 0.29) is 12.5 Å². The van der Waals surface area contributed by atoms with E-state index in [1.165, 1.54) is 10.9 Å². The van der Waals surface area contributed by atoms with Crippen molar-refractivity contribution < 1.29 is 9.53 Å². The first kappa shape index (κ1) is 18.1. The van der Waals surface area contributed by atoms with Crippen LogP contribution in [0, 0.1) is 6.92 Å². The third kappa shape index (κ3) is 4.26. The Morgan fingerprint density at radius 3 is 2.81 bits per heavy atom. The molecule has 4 nitrogen and oxygen atoms in total. The Bertz CT molecular complexity index is 896. The first-order valence-corrected chi connectivity index (χ1v) is 9.09. The molecule has 2 N–H and O–H groups in total. The molecule has 2 aromatic carbocycles. The molecule has 3 aromatic rings. The number of ether oxygens (including phenoxy) is 1. The van der Waals surface area contributed by atoms with Gasteiger partial charge in [-0.1, -0.05) is 44.2 Å². The molecule has 0 saturated heterocycles. The van der Waals surface area contributed by atoms with E-state index in [0.29, 0.717) is 12.5 Å². The van der Waals surface area contributed by atoms with Gasteiger partial charge in [-0.3, -0.25) is 4.79 Å². The molecule has 4 heteroatoms. The molecule has 0 radical (unpaired) electrons. The number of fused-ring (bicyclic) bond motifs is 1. The third-order valence-electron chi connectivity index (χ3n) is 4.54. The summed E-state index contributed by atoms with van der Waals surface area (Å²) < 4.78 is 5.78. The van der Waals surface area contributed by atoms with Crippen LogP contribution in [0.2, 0.25) is 0 Å². The molecule has 1 heterocycles. The predicted molar refractivity (Wildman–Crippen MR) is 106 cm³/mol. The average Bonchev–Trinajstić information content (AvgIpc) is 3.03. The van der Waals surface area contributed by atoms with Gasteiger partial charge < -0.3 is 15.0 Å². The smallest absolute Gasteiger partial charge is 0.257 e. The van der Waals surface area contributed by atoms with E-state index in [9.17, 15) is 4.79 Å². The zero-order valence-electron chi connectivity index (χ0n) is 15.6. The summed E-state index contributed by atoms with van der Waals surface area (Å²) in [5.74, 6) is 1.06. The number of aromatic amines is 1. The maximum Gasteiger partial charge on any atom is 0.257 e. The molecular formula is C22H26N2O2. The first-order valence-electron chi connectivity index (χ1n) is 9.09. The van der Waals surface area contributed by atoms with Crippen LogP contribution in [-0.4, -0.2) is 24.0 Å². The van der Waals surface area contributed by atoms with Crippen LogP contribution in [0.3, 0.4) is 0 Å². The predicted octanol–water partition coefficient (Wildman–Crippen LogP) is 4.34. The largest absolute Gasteiger partial charge is 0.483 e. The van der Waals surface area contributed by atoms with Crippen molar-refractivity contribution in [3.63, 3.8) is 0 Å². The zero-order valence-corrected chi connectivity index (χ0v) is 15.6. The Labute approximate surface area is 154 Å². The van der Waals surface area contributed by atoms with Crippen molar-refractivity contribution in [1.82, 2.24) is 10.3 Å². The number of hydrogen-bond donors (Lipinski definition) is 2. The van der Waals surface area contributed by atoms with E-state index < -0.39 is 0 Å². The Hall–Kier alpha value is -2.75. The molecule has 0 spiro atoms. The van der Waals surface area contributed by atoms with Gasteiger partial charge in [0.25, 0.3) is 5.91 Å². The third-order valence-corrected chi connectivity index (χ3v) is 4.54. The fourth-order valence-electron chi connectivity index (χ4n) is 3.11. The Balaban J connectivity index is 1.51. The fraction of sp³-hybridized carbons (Fsp3) is 0.318. The summed E-state index contributed by atoms with van der Waals surface area (Å²) in [6.45, 7) is 6.90. The Kier molecular flexibility index (Phi) is 5.61. The normalized spacial score (nSPS) is 11.1. The number of para-hydroxylation sites is 1. The molecule has 0 aliphatic heterocycles. The number of amides is 1. The number of rotatable bonds is 7. The van der Waals surface area contributed by atoms with Gasteiger partial charge in [0.15, 0.2) is 6.61 Å². The quantitative estimate of drug-likeness (QED) is 0.666. The van der Waals surface area contributed by atoms with Gasteiger partial charge in [0, 0.05) is 23.6 Å². The number of carbonyl (C=O) groups is 1. The van der Waals surface area contributed by atoms with Gasteiger partial charge in [0.05, 0.1) is 0 Å². The van der Waals surface area contributed by atoms with Crippen molar-refractivity contribution >= 4 is 16.8 Å². The minimum Gasteiger partial charge on any atom is -0.483 e. The second-order valence-corrected chi connectivity index (χ2v) is 6.94. The highest BCUT2D eigenvalue weighted by Crippen LogP contribution is 2.27. The van der Waals surface area contributed by atoms with Crippen molar-refractivity contribution in [2.45, 2.75) is 33.1 Å². The number of benzene rings is 2. The summed E-state index contributed by atoms with van der Waals surface area (Å²) >= 11 is 0. The lowest BCUT2D eigenvalue weighted by Crippen LogP contribution is -2.30. The van der Waals surface area contributed by atoms with Gasteiger partial charge in [-0.25, -0.2) is 0 Å². The SMILES string of the molecule is Cc1ccc(C(C)C)c(OCC(=O)NCCc2c[nH]c3ccccc23)c1. The van der Waals surface area contributed by atoms with Crippen LogP contribution >= 0.6 is 0 Å². The number of H-pyrrole nitrogens is 1. The van der Waals surface area contributed by atoms with Crippen LogP contribution in [-0.2, 0) is 11.2 Å². The van der Waals surface area contributed by atoms with E-state index in [0.717, 1.165) is 28.8 Å². The Morgan fingerprint density at radius 1 is 1.19 bits per heavy atom. The van der Waals surface area contributed by atoms with Crippen molar-refractivity contribution in [2.75, 3.05) is 13.2 Å². The molecule has 26 heavy (non-hydrogen) atoms. The maximum absolute atomic E-state index is 12.1. The number of aryl methyl sites for hydroxylation is 1. The van der Waals surface area contributed by atoms with Crippen LogP contribution < -0.4 is 10.1 Å². The summed E-state index contributed by atoms with van der Waals surface area (Å²) in [5, 5.41) is 4.15. The van der Waals surface area contributed by atoms with Gasteiger partial charge in [-0.15, -0.1) is 0 Å². The second-order valence-electron chi connectivity index (χ2n) is 6.94. The van der Waals surface area contributed by atoms with Crippen molar-refractivity contribution in [3.05, 3.63) is 65.4 Å². The summed E-state index contributed by atoms with van der Waals surface area (Å²) in [5.41, 5.74) is 4.59. The molecule has 0 saturated carbocycles. The van der Waals surface area contributed by atoms with Crippen molar-refractivity contribution in [2.24, 2.45) is 0 Å². The lowest BCUT2D eigenvalue weighted by atomic mass is 10.0. The number of aromatic nitrogens is 1. The van der Waals surface area contributed by atoms with Crippen LogP contribution in [0.4, 0.5) is 0 Å². The molecule has 0 fully saturated rings. The highest BCUT2D eigenvalue weighted by atomic mass is 16.5. The molecule has 0 aliphatic carbocycles. The van der Waals surface area contributed by atoms with Gasteiger partial charge in [-0.05, 0) is 48.1 Å². The van der Waals surface area contributed by atoms with E-state index in [1.807, 2.05) is 31.3 Å². The number of hydrogen-bond acceptors (Lipinski definition) is 2. The summed E-state index contributed by atoms with van der Waals surface area (Å²) in [7, 11) is 0. The van der Waals surface area contributed by atoms with Gasteiger partial charge in [-0.2, -0.15) is 0 Å². The highest BCUT2D eigenvalue weighted by Gasteiger charge is 2.10. The summed E-state index contributed by atoms with van der Waals surface area (Å²) in [6.07, 6.45) is 2.80.